The number of hydrogen-bond donors (Lipinski definition) is 1. The number of fused-ring (bicyclic) bond motifs is 2. The normalized spacial score (nSPS) is 12.6. The van der Waals surface area contributed by atoms with E-state index in [0.29, 0.717) is 29.7 Å². The molecule has 0 bridgehead atoms. The predicted molar refractivity (Wildman–Crippen MR) is 114 cm³/mol. The number of benzene rings is 1. The first-order chi connectivity index (χ1) is 15.3. The SMILES string of the molecule is C(#Cn1ncc2ccccc21)c1ccnc(-c2ccnc(N3Cc4c[nH]nc4C3)n2)n1. The summed E-state index contributed by atoms with van der Waals surface area (Å²) in [5.74, 6) is 4.18. The Morgan fingerprint density at radius 2 is 1.90 bits per heavy atom. The summed E-state index contributed by atoms with van der Waals surface area (Å²) >= 11 is 0. The molecule has 1 aliphatic heterocycles. The molecule has 4 aromatic heterocycles. The van der Waals surface area contributed by atoms with Gasteiger partial charge >= 0.3 is 0 Å². The molecule has 0 spiro atoms. The highest BCUT2D eigenvalue weighted by Crippen LogP contribution is 2.25. The topological polar surface area (TPSA) is 101 Å². The second-order valence-electron chi connectivity index (χ2n) is 7.07. The van der Waals surface area contributed by atoms with E-state index in [1.54, 1.807) is 35.4 Å². The van der Waals surface area contributed by atoms with Crippen LogP contribution in [0.3, 0.4) is 0 Å². The van der Waals surface area contributed by atoms with E-state index >= 15 is 0 Å². The molecule has 9 nitrogen and oxygen atoms in total. The minimum absolute atomic E-state index is 0.499. The lowest BCUT2D eigenvalue weighted by molar-refractivity contribution is 0.803. The number of rotatable bonds is 2. The van der Waals surface area contributed by atoms with Crippen LogP contribution in [0.2, 0.25) is 0 Å². The van der Waals surface area contributed by atoms with Crippen molar-refractivity contribution in [2.45, 2.75) is 13.1 Å². The van der Waals surface area contributed by atoms with Gasteiger partial charge in [-0.3, -0.25) is 5.10 Å². The number of anilines is 1. The minimum Gasteiger partial charge on any atom is -0.330 e. The van der Waals surface area contributed by atoms with Crippen LogP contribution in [0.25, 0.3) is 22.4 Å². The van der Waals surface area contributed by atoms with E-state index in [-0.39, 0.29) is 0 Å². The van der Waals surface area contributed by atoms with Gasteiger partial charge in [0.05, 0.1) is 24.0 Å². The molecule has 0 saturated heterocycles. The molecule has 0 unspecified atom stereocenters. The van der Waals surface area contributed by atoms with Gasteiger partial charge in [-0.2, -0.15) is 14.9 Å². The smallest absolute Gasteiger partial charge is 0.226 e. The summed E-state index contributed by atoms with van der Waals surface area (Å²) in [6.45, 7) is 1.39. The molecule has 31 heavy (non-hydrogen) atoms. The van der Waals surface area contributed by atoms with Gasteiger partial charge in [0.25, 0.3) is 0 Å². The summed E-state index contributed by atoms with van der Waals surface area (Å²) in [6, 6.07) is 14.5. The van der Waals surface area contributed by atoms with E-state index in [4.69, 9.17) is 0 Å². The van der Waals surface area contributed by atoms with Gasteiger partial charge in [-0.25, -0.2) is 19.9 Å². The monoisotopic (exact) mass is 405 g/mol. The largest absolute Gasteiger partial charge is 0.330 e. The van der Waals surface area contributed by atoms with Crippen LogP contribution in [0.5, 0.6) is 0 Å². The fourth-order valence-corrected chi connectivity index (χ4v) is 3.55. The van der Waals surface area contributed by atoms with E-state index in [2.05, 4.69) is 52.1 Å². The molecule has 1 aromatic carbocycles. The standard InChI is InChI=1S/C22H15N9/c1-2-4-20-15(3-1)12-26-31(20)10-7-17-5-8-23-21(27-17)18-6-9-24-22(28-18)30-13-16-11-25-29-19(16)14-30/h1-6,8-9,11-12H,13-14H2,(H,25,29). The fraction of sp³-hybridized carbons (Fsp3) is 0.0909. The average molecular weight is 405 g/mol. The zero-order chi connectivity index (χ0) is 20.6. The maximum absolute atomic E-state index is 4.67. The molecule has 148 valence electrons. The highest BCUT2D eigenvalue weighted by molar-refractivity contribution is 5.79. The Balaban J connectivity index is 1.29. The lowest BCUT2D eigenvalue weighted by Crippen LogP contribution is -2.18. The van der Waals surface area contributed by atoms with Crippen molar-refractivity contribution in [1.82, 2.24) is 39.9 Å². The van der Waals surface area contributed by atoms with Crippen LogP contribution in [-0.4, -0.2) is 39.9 Å². The summed E-state index contributed by atoms with van der Waals surface area (Å²) in [7, 11) is 0. The van der Waals surface area contributed by atoms with Crippen LogP contribution in [0, 0.1) is 12.0 Å². The van der Waals surface area contributed by atoms with E-state index < -0.39 is 0 Å². The second kappa shape index (κ2) is 7.03. The molecule has 0 fully saturated rings. The zero-order valence-electron chi connectivity index (χ0n) is 16.3. The molecule has 5 heterocycles. The molecule has 0 amide bonds. The maximum Gasteiger partial charge on any atom is 0.226 e. The molecule has 5 aromatic rings. The highest BCUT2D eigenvalue weighted by Gasteiger charge is 2.23. The predicted octanol–water partition coefficient (Wildman–Crippen LogP) is 2.38. The number of aromatic amines is 1. The molecule has 6 rings (SSSR count). The average Bonchev–Trinajstić information content (AvgIpc) is 3.53. The number of aromatic nitrogens is 8. The van der Waals surface area contributed by atoms with Crippen molar-refractivity contribution in [2.75, 3.05) is 4.90 Å². The highest BCUT2D eigenvalue weighted by atomic mass is 15.3. The van der Waals surface area contributed by atoms with Crippen molar-refractivity contribution in [3.63, 3.8) is 0 Å². The molecule has 0 atom stereocenters. The van der Waals surface area contributed by atoms with E-state index in [9.17, 15) is 0 Å². The molecule has 0 radical (unpaired) electrons. The van der Waals surface area contributed by atoms with Gasteiger partial charge in [0.1, 0.15) is 11.4 Å². The first-order valence-electron chi connectivity index (χ1n) is 9.71. The van der Waals surface area contributed by atoms with Gasteiger partial charge in [-0.1, -0.05) is 18.2 Å². The van der Waals surface area contributed by atoms with Crippen molar-refractivity contribution in [3.8, 4) is 23.5 Å². The van der Waals surface area contributed by atoms with Crippen molar-refractivity contribution in [3.05, 3.63) is 78.1 Å². The summed E-state index contributed by atoms with van der Waals surface area (Å²) in [5.41, 5.74) is 4.37. The van der Waals surface area contributed by atoms with Gasteiger partial charge in [0.2, 0.25) is 5.95 Å². The number of para-hydroxylation sites is 1. The lowest BCUT2D eigenvalue weighted by Gasteiger charge is -2.15. The van der Waals surface area contributed by atoms with E-state index in [1.807, 2.05) is 30.5 Å². The number of nitrogens with zero attached hydrogens (tertiary/aromatic N) is 8. The van der Waals surface area contributed by atoms with Crippen LogP contribution < -0.4 is 4.90 Å². The summed E-state index contributed by atoms with van der Waals surface area (Å²) in [5, 5.41) is 12.5. The minimum atomic E-state index is 0.499. The fourth-order valence-electron chi connectivity index (χ4n) is 3.55. The molecule has 9 heteroatoms. The van der Waals surface area contributed by atoms with Gasteiger partial charge in [-0.15, -0.1) is 0 Å². The number of H-pyrrole nitrogens is 1. The first kappa shape index (κ1) is 17.3. The third kappa shape index (κ3) is 3.16. The van der Waals surface area contributed by atoms with Crippen molar-refractivity contribution in [1.29, 1.82) is 0 Å². The molecule has 1 aliphatic rings. The van der Waals surface area contributed by atoms with Crippen LogP contribution in [0.4, 0.5) is 5.95 Å². The summed E-state index contributed by atoms with van der Waals surface area (Å²) in [4.78, 5) is 20.1. The molecule has 0 saturated carbocycles. The quantitative estimate of drug-likeness (QED) is 0.450. The van der Waals surface area contributed by atoms with Crippen molar-refractivity contribution < 1.29 is 0 Å². The Hall–Kier alpha value is -4.58. The van der Waals surface area contributed by atoms with E-state index in [0.717, 1.165) is 28.7 Å². The Kier molecular flexibility index (Phi) is 3.92. The summed E-state index contributed by atoms with van der Waals surface area (Å²) in [6.07, 6.45) is 7.11. The maximum atomic E-state index is 4.67. The second-order valence-corrected chi connectivity index (χ2v) is 7.07. The van der Waals surface area contributed by atoms with Crippen molar-refractivity contribution in [2.24, 2.45) is 0 Å². The van der Waals surface area contributed by atoms with E-state index in [1.165, 1.54) is 0 Å². The molecular weight excluding hydrogens is 390 g/mol. The number of hydrogen-bond acceptors (Lipinski definition) is 7. The van der Waals surface area contributed by atoms with Crippen molar-refractivity contribution >= 4 is 16.9 Å². The zero-order valence-corrected chi connectivity index (χ0v) is 16.3. The third-order valence-corrected chi connectivity index (χ3v) is 5.09. The van der Waals surface area contributed by atoms with Gasteiger partial charge in [-0.05, 0) is 24.1 Å². The Morgan fingerprint density at radius 1 is 0.968 bits per heavy atom. The Morgan fingerprint density at radius 3 is 2.87 bits per heavy atom. The lowest BCUT2D eigenvalue weighted by atomic mass is 10.3. The van der Waals surface area contributed by atoms with Crippen LogP contribution in [0.15, 0.2) is 61.2 Å². The van der Waals surface area contributed by atoms with Gasteiger partial charge < -0.3 is 4.90 Å². The molecule has 0 aliphatic carbocycles. The molecular formula is C22H15N9. The number of nitrogens with one attached hydrogen (secondary N) is 1. The Bertz CT molecular complexity index is 1450. The van der Waals surface area contributed by atoms with Gasteiger partial charge in [0.15, 0.2) is 5.82 Å². The van der Waals surface area contributed by atoms with Gasteiger partial charge in [0, 0.05) is 42.1 Å². The summed E-state index contributed by atoms with van der Waals surface area (Å²) < 4.78 is 1.65. The molecule has 1 N–H and O–H groups in total. The van der Waals surface area contributed by atoms with Crippen LogP contribution in [-0.2, 0) is 13.1 Å². The Labute approximate surface area is 176 Å². The third-order valence-electron chi connectivity index (χ3n) is 5.09. The van der Waals surface area contributed by atoms with Crippen LogP contribution in [0.1, 0.15) is 17.0 Å². The first-order valence-corrected chi connectivity index (χ1v) is 9.71. The van der Waals surface area contributed by atoms with Crippen LogP contribution >= 0.6 is 0 Å².